The van der Waals surface area contributed by atoms with Crippen molar-refractivity contribution in [1.82, 2.24) is 14.7 Å². The fourth-order valence-electron chi connectivity index (χ4n) is 4.13. The van der Waals surface area contributed by atoms with Gasteiger partial charge in [0.2, 0.25) is 0 Å². The Kier molecular flexibility index (Phi) is 8.19. The van der Waals surface area contributed by atoms with Crippen LogP contribution in [0.1, 0.15) is 24.0 Å². The summed E-state index contributed by atoms with van der Waals surface area (Å²) in [5.74, 6) is -0.418. The average molecular weight is 556 g/mol. The Morgan fingerprint density at radius 1 is 1.03 bits per heavy atom. The lowest BCUT2D eigenvalue weighted by atomic mass is 10.1. The first-order chi connectivity index (χ1) is 19.0. The van der Waals surface area contributed by atoms with Crippen molar-refractivity contribution in [3.8, 4) is 22.7 Å². The maximum absolute atomic E-state index is 13.1. The van der Waals surface area contributed by atoms with Gasteiger partial charge in [0, 0.05) is 30.3 Å². The van der Waals surface area contributed by atoms with Crippen LogP contribution >= 0.6 is 24.0 Å². The molecule has 0 unspecified atom stereocenters. The van der Waals surface area contributed by atoms with E-state index in [1.807, 2.05) is 91.1 Å². The number of benzene rings is 3. The van der Waals surface area contributed by atoms with Gasteiger partial charge < -0.3 is 9.84 Å². The van der Waals surface area contributed by atoms with E-state index in [-0.39, 0.29) is 18.9 Å². The lowest BCUT2D eigenvalue weighted by Gasteiger charge is -2.13. The van der Waals surface area contributed by atoms with Crippen LogP contribution in [0.15, 0.2) is 96.0 Å². The predicted molar refractivity (Wildman–Crippen MR) is 157 cm³/mol. The van der Waals surface area contributed by atoms with Gasteiger partial charge >= 0.3 is 5.97 Å². The number of rotatable bonds is 10. The minimum absolute atomic E-state index is 0.0210. The molecule has 7 nitrogen and oxygen atoms in total. The maximum Gasteiger partial charge on any atom is 0.303 e. The van der Waals surface area contributed by atoms with E-state index in [0.29, 0.717) is 33.7 Å². The molecule has 3 aromatic carbocycles. The summed E-state index contributed by atoms with van der Waals surface area (Å²) in [6.07, 6.45) is 4.00. The first kappa shape index (κ1) is 26.4. The van der Waals surface area contributed by atoms with Gasteiger partial charge in [0.15, 0.2) is 0 Å². The van der Waals surface area contributed by atoms with Crippen LogP contribution in [0, 0.1) is 0 Å². The van der Waals surface area contributed by atoms with Gasteiger partial charge in [-0.15, -0.1) is 0 Å². The number of thiocarbonyl (C=S) groups is 1. The third kappa shape index (κ3) is 6.45. The molecule has 1 N–H and O–H groups in total. The van der Waals surface area contributed by atoms with Crippen molar-refractivity contribution >= 4 is 46.3 Å². The summed E-state index contributed by atoms with van der Waals surface area (Å²) in [6, 6.07) is 27.4. The zero-order valence-electron chi connectivity index (χ0n) is 20.9. The Hall–Kier alpha value is -4.21. The van der Waals surface area contributed by atoms with Crippen molar-refractivity contribution in [3.05, 3.63) is 107 Å². The minimum atomic E-state index is -0.899. The topological polar surface area (TPSA) is 84.7 Å². The van der Waals surface area contributed by atoms with Gasteiger partial charge in [-0.05, 0) is 42.3 Å². The zero-order valence-corrected chi connectivity index (χ0v) is 22.5. The van der Waals surface area contributed by atoms with Crippen molar-refractivity contribution in [1.29, 1.82) is 0 Å². The van der Waals surface area contributed by atoms with Gasteiger partial charge in [-0.1, -0.05) is 84.6 Å². The molecule has 1 saturated heterocycles. The van der Waals surface area contributed by atoms with Gasteiger partial charge in [-0.2, -0.15) is 5.10 Å². The summed E-state index contributed by atoms with van der Waals surface area (Å²) in [4.78, 5) is 26.0. The third-order valence-corrected chi connectivity index (χ3v) is 7.43. The molecule has 1 amide bonds. The number of para-hydroxylation sites is 1. The number of hydrogen-bond acceptors (Lipinski definition) is 6. The van der Waals surface area contributed by atoms with E-state index < -0.39 is 5.97 Å². The SMILES string of the molecule is O=C(O)CCCN1C(=O)C(=Cc2cn(-c3ccccc3)nc2-c2cccc(OCc3ccccc3)c2)SC1=S. The highest BCUT2D eigenvalue weighted by Crippen LogP contribution is 2.35. The molecule has 0 aliphatic carbocycles. The summed E-state index contributed by atoms with van der Waals surface area (Å²) < 4.78 is 8.25. The Morgan fingerprint density at radius 2 is 1.77 bits per heavy atom. The quantitative estimate of drug-likeness (QED) is 0.185. The summed E-state index contributed by atoms with van der Waals surface area (Å²) >= 11 is 6.64. The molecule has 0 bridgehead atoms. The summed E-state index contributed by atoms with van der Waals surface area (Å²) in [5, 5.41) is 13.8. The number of aliphatic carboxylic acids is 1. The molecule has 0 saturated carbocycles. The largest absolute Gasteiger partial charge is 0.489 e. The highest BCUT2D eigenvalue weighted by Gasteiger charge is 2.32. The molecule has 9 heteroatoms. The average Bonchev–Trinajstić information content (AvgIpc) is 3.49. The Bertz CT molecular complexity index is 1530. The smallest absolute Gasteiger partial charge is 0.303 e. The Balaban J connectivity index is 1.46. The van der Waals surface area contributed by atoms with Crippen LogP contribution < -0.4 is 4.74 Å². The van der Waals surface area contributed by atoms with Crippen LogP contribution in [-0.4, -0.2) is 42.5 Å². The number of carbonyl (C=O) groups excluding carboxylic acids is 1. The normalized spacial score (nSPS) is 14.3. The number of nitrogens with zero attached hydrogens (tertiary/aromatic N) is 3. The van der Waals surface area contributed by atoms with Crippen LogP contribution in [0.5, 0.6) is 5.75 Å². The summed E-state index contributed by atoms with van der Waals surface area (Å²) in [6.45, 7) is 0.713. The van der Waals surface area contributed by atoms with Crippen molar-refractivity contribution in [2.45, 2.75) is 19.4 Å². The second-order valence-electron chi connectivity index (χ2n) is 8.85. The first-order valence-corrected chi connectivity index (χ1v) is 13.6. The number of carboxylic acid groups (broad SMARTS) is 1. The molecule has 4 aromatic rings. The standard InChI is InChI=1S/C30H25N3O4S2/c34-27(35)15-8-16-32-29(36)26(39-30(32)38)18-23-19-33(24-12-5-2-6-13-24)31-28(23)22-11-7-14-25(17-22)37-20-21-9-3-1-4-10-21/h1-7,9-14,17-19H,8,15-16,20H2,(H,34,35). The second-order valence-corrected chi connectivity index (χ2v) is 10.5. The molecule has 196 valence electrons. The molecule has 1 fully saturated rings. The fourth-order valence-corrected chi connectivity index (χ4v) is 5.43. The first-order valence-electron chi connectivity index (χ1n) is 12.4. The molecular weight excluding hydrogens is 530 g/mol. The fraction of sp³-hybridized carbons (Fsp3) is 0.133. The van der Waals surface area contributed by atoms with Gasteiger partial charge in [0.25, 0.3) is 5.91 Å². The van der Waals surface area contributed by atoms with Crippen LogP contribution in [-0.2, 0) is 16.2 Å². The van der Waals surface area contributed by atoms with E-state index >= 15 is 0 Å². The molecule has 0 atom stereocenters. The van der Waals surface area contributed by atoms with E-state index in [1.54, 1.807) is 10.8 Å². The number of amides is 1. The Morgan fingerprint density at radius 3 is 2.51 bits per heavy atom. The van der Waals surface area contributed by atoms with Gasteiger partial charge in [0.1, 0.15) is 22.4 Å². The number of carboxylic acids is 1. The molecule has 5 rings (SSSR count). The van der Waals surface area contributed by atoms with Crippen molar-refractivity contribution in [3.63, 3.8) is 0 Å². The van der Waals surface area contributed by atoms with Crippen molar-refractivity contribution < 1.29 is 19.4 Å². The molecule has 0 radical (unpaired) electrons. The molecular formula is C30H25N3O4S2. The van der Waals surface area contributed by atoms with E-state index in [0.717, 1.165) is 22.4 Å². The summed E-state index contributed by atoms with van der Waals surface area (Å²) in [7, 11) is 0. The minimum Gasteiger partial charge on any atom is -0.489 e. The lowest BCUT2D eigenvalue weighted by Crippen LogP contribution is -2.29. The maximum atomic E-state index is 13.1. The third-order valence-electron chi connectivity index (χ3n) is 6.05. The van der Waals surface area contributed by atoms with Crippen molar-refractivity contribution in [2.75, 3.05) is 6.54 Å². The van der Waals surface area contributed by atoms with Crippen LogP contribution in [0.2, 0.25) is 0 Å². The molecule has 1 aliphatic heterocycles. The number of ether oxygens (including phenoxy) is 1. The van der Waals surface area contributed by atoms with Crippen LogP contribution in [0.3, 0.4) is 0 Å². The predicted octanol–water partition coefficient (Wildman–Crippen LogP) is 6.18. The van der Waals surface area contributed by atoms with Crippen LogP contribution in [0.25, 0.3) is 23.0 Å². The Labute approximate surface area is 235 Å². The number of thioether (sulfide) groups is 1. The molecule has 0 spiro atoms. The second kappa shape index (κ2) is 12.1. The summed E-state index contributed by atoms with van der Waals surface area (Å²) in [5.41, 5.74) is 4.25. The lowest BCUT2D eigenvalue weighted by molar-refractivity contribution is -0.137. The highest BCUT2D eigenvalue weighted by atomic mass is 32.2. The van der Waals surface area contributed by atoms with Gasteiger partial charge in [0.05, 0.1) is 10.6 Å². The van der Waals surface area contributed by atoms with E-state index in [1.165, 1.54) is 16.7 Å². The molecule has 2 heterocycles. The van der Waals surface area contributed by atoms with E-state index in [4.69, 9.17) is 27.2 Å². The number of hydrogen-bond donors (Lipinski definition) is 1. The van der Waals surface area contributed by atoms with Gasteiger partial charge in [-0.3, -0.25) is 14.5 Å². The molecule has 39 heavy (non-hydrogen) atoms. The molecule has 1 aromatic heterocycles. The number of aromatic nitrogens is 2. The monoisotopic (exact) mass is 555 g/mol. The van der Waals surface area contributed by atoms with Gasteiger partial charge in [-0.25, -0.2) is 4.68 Å². The zero-order chi connectivity index (χ0) is 27.2. The van der Waals surface area contributed by atoms with E-state index in [2.05, 4.69) is 0 Å². The van der Waals surface area contributed by atoms with E-state index in [9.17, 15) is 9.59 Å². The number of carbonyl (C=O) groups is 2. The highest BCUT2D eigenvalue weighted by molar-refractivity contribution is 8.26. The molecule has 1 aliphatic rings. The van der Waals surface area contributed by atoms with Crippen molar-refractivity contribution in [2.24, 2.45) is 0 Å². The van der Waals surface area contributed by atoms with Crippen LogP contribution in [0.4, 0.5) is 0 Å².